The molecule has 0 unspecified atom stereocenters. The molecule has 0 aliphatic heterocycles. The first kappa shape index (κ1) is 17.2. The average Bonchev–Trinajstić information content (AvgIpc) is 2.45. The van der Waals surface area contributed by atoms with E-state index < -0.39 is 4.92 Å². The summed E-state index contributed by atoms with van der Waals surface area (Å²) in [5, 5.41) is 17.1. The van der Waals surface area contributed by atoms with Gasteiger partial charge >= 0.3 is 0 Å². The number of carbonyl (C=O) groups is 1. The normalized spacial score (nSPS) is 15.8. The molecule has 1 aromatic carbocycles. The first-order valence-electron chi connectivity index (χ1n) is 7.75. The molecule has 0 atom stereocenters. The minimum Gasteiger partial charge on any atom is -0.377 e. The standard InChI is InChI=1S/C16H23N3O4/c1-11(2)18-15(20)12-5-6-13(14(9-12)19(21)22)17-10-16(23-3)7-4-8-16/h5-6,9,11,17H,4,7-8,10H2,1-3H3,(H,18,20). The zero-order valence-corrected chi connectivity index (χ0v) is 13.7. The van der Waals surface area contributed by atoms with Crippen LogP contribution in [0.2, 0.25) is 0 Å². The van der Waals surface area contributed by atoms with Crippen molar-refractivity contribution in [3.63, 3.8) is 0 Å². The number of ether oxygens (including phenoxy) is 1. The first-order valence-corrected chi connectivity index (χ1v) is 7.75. The second kappa shape index (κ2) is 6.95. The van der Waals surface area contributed by atoms with Crippen LogP contribution in [-0.4, -0.2) is 36.1 Å². The number of benzene rings is 1. The lowest BCUT2D eigenvalue weighted by Crippen LogP contribution is -2.45. The van der Waals surface area contributed by atoms with E-state index in [-0.39, 0.29) is 28.8 Å². The van der Waals surface area contributed by atoms with Crippen LogP contribution in [0.25, 0.3) is 0 Å². The maximum absolute atomic E-state index is 12.0. The molecule has 126 valence electrons. The van der Waals surface area contributed by atoms with Crippen molar-refractivity contribution in [1.29, 1.82) is 0 Å². The Labute approximate surface area is 135 Å². The number of hydrogen-bond acceptors (Lipinski definition) is 5. The fourth-order valence-corrected chi connectivity index (χ4v) is 2.60. The number of rotatable bonds is 7. The van der Waals surface area contributed by atoms with Gasteiger partial charge in [-0.15, -0.1) is 0 Å². The molecule has 2 rings (SSSR count). The highest BCUT2D eigenvalue weighted by Gasteiger charge is 2.37. The molecule has 1 fully saturated rings. The highest BCUT2D eigenvalue weighted by atomic mass is 16.6. The van der Waals surface area contributed by atoms with Gasteiger partial charge < -0.3 is 15.4 Å². The summed E-state index contributed by atoms with van der Waals surface area (Å²) in [7, 11) is 1.66. The maximum atomic E-state index is 12.0. The van der Waals surface area contributed by atoms with E-state index in [1.54, 1.807) is 19.2 Å². The van der Waals surface area contributed by atoms with E-state index in [1.807, 2.05) is 13.8 Å². The van der Waals surface area contributed by atoms with Crippen molar-refractivity contribution in [2.24, 2.45) is 0 Å². The molecule has 1 aliphatic rings. The first-order chi connectivity index (χ1) is 10.9. The van der Waals surface area contributed by atoms with Crippen LogP contribution >= 0.6 is 0 Å². The van der Waals surface area contributed by atoms with E-state index in [2.05, 4.69) is 10.6 Å². The molecule has 0 spiro atoms. The Kier molecular flexibility index (Phi) is 5.20. The predicted octanol–water partition coefficient (Wildman–Crippen LogP) is 2.71. The Hall–Kier alpha value is -2.15. The van der Waals surface area contributed by atoms with Crippen LogP contribution in [-0.2, 0) is 4.74 Å². The Bertz CT molecular complexity index is 591. The van der Waals surface area contributed by atoms with Gasteiger partial charge in [-0.2, -0.15) is 0 Å². The summed E-state index contributed by atoms with van der Waals surface area (Å²) in [6, 6.07) is 4.45. The lowest BCUT2D eigenvalue weighted by Gasteiger charge is -2.40. The van der Waals surface area contributed by atoms with Crippen molar-refractivity contribution in [3.8, 4) is 0 Å². The Morgan fingerprint density at radius 2 is 2.13 bits per heavy atom. The van der Waals surface area contributed by atoms with Gasteiger partial charge in [-0.05, 0) is 45.2 Å². The number of nitrogens with one attached hydrogen (secondary N) is 2. The van der Waals surface area contributed by atoms with Crippen LogP contribution in [0, 0.1) is 10.1 Å². The monoisotopic (exact) mass is 321 g/mol. The van der Waals surface area contributed by atoms with Gasteiger partial charge in [-0.25, -0.2) is 0 Å². The van der Waals surface area contributed by atoms with Gasteiger partial charge in [0.05, 0.1) is 10.5 Å². The topological polar surface area (TPSA) is 93.5 Å². The van der Waals surface area contributed by atoms with E-state index in [0.29, 0.717) is 12.2 Å². The van der Waals surface area contributed by atoms with Gasteiger partial charge in [-0.3, -0.25) is 14.9 Å². The summed E-state index contributed by atoms with van der Waals surface area (Å²) in [4.78, 5) is 22.8. The van der Waals surface area contributed by atoms with Gasteiger partial charge in [0.25, 0.3) is 11.6 Å². The maximum Gasteiger partial charge on any atom is 0.293 e. The lowest BCUT2D eigenvalue weighted by molar-refractivity contribution is -0.384. The van der Waals surface area contributed by atoms with Crippen molar-refractivity contribution in [3.05, 3.63) is 33.9 Å². The Morgan fingerprint density at radius 3 is 2.61 bits per heavy atom. The predicted molar refractivity (Wildman–Crippen MR) is 87.8 cm³/mol. The number of methoxy groups -OCH3 is 1. The fourth-order valence-electron chi connectivity index (χ4n) is 2.60. The number of nitrogens with zero attached hydrogens (tertiary/aromatic N) is 1. The number of nitro benzene ring substituents is 1. The molecular formula is C16H23N3O4. The van der Waals surface area contributed by atoms with E-state index in [4.69, 9.17) is 4.74 Å². The van der Waals surface area contributed by atoms with Gasteiger partial charge in [0, 0.05) is 31.3 Å². The molecule has 23 heavy (non-hydrogen) atoms. The van der Waals surface area contributed by atoms with Crippen LogP contribution in [0.4, 0.5) is 11.4 Å². The van der Waals surface area contributed by atoms with Gasteiger partial charge in [0.2, 0.25) is 0 Å². The molecule has 1 aliphatic carbocycles. The SMILES string of the molecule is COC1(CNc2ccc(C(=O)NC(C)C)cc2[N+](=O)[O-])CCC1. The number of amides is 1. The van der Waals surface area contributed by atoms with Crippen LogP contribution in [0.5, 0.6) is 0 Å². The fraction of sp³-hybridized carbons (Fsp3) is 0.562. The zero-order chi connectivity index (χ0) is 17.0. The summed E-state index contributed by atoms with van der Waals surface area (Å²) in [6.45, 7) is 4.19. The molecule has 2 N–H and O–H groups in total. The Balaban J connectivity index is 2.16. The van der Waals surface area contributed by atoms with Gasteiger partial charge in [0.15, 0.2) is 0 Å². The van der Waals surface area contributed by atoms with Crippen LogP contribution in [0.1, 0.15) is 43.5 Å². The lowest BCUT2D eigenvalue weighted by atomic mass is 9.80. The third-order valence-corrected chi connectivity index (χ3v) is 4.18. The summed E-state index contributed by atoms with van der Waals surface area (Å²) >= 11 is 0. The highest BCUT2D eigenvalue weighted by molar-refractivity contribution is 5.95. The Morgan fingerprint density at radius 1 is 1.43 bits per heavy atom. The highest BCUT2D eigenvalue weighted by Crippen LogP contribution is 2.36. The molecule has 7 nitrogen and oxygen atoms in total. The van der Waals surface area contributed by atoms with E-state index in [9.17, 15) is 14.9 Å². The summed E-state index contributed by atoms with van der Waals surface area (Å²) in [6.07, 6.45) is 2.99. The second-order valence-electron chi connectivity index (χ2n) is 6.21. The van der Waals surface area contributed by atoms with Crippen molar-refractivity contribution in [2.45, 2.75) is 44.8 Å². The quantitative estimate of drug-likeness (QED) is 0.595. The number of anilines is 1. The molecule has 7 heteroatoms. The minimum absolute atomic E-state index is 0.0282. The molecular weight excluding hydrogens is 298 g/mol. The largest absolute Gasteiger partial charge is 0.377 e. The van der Waals surface area contributed by atoms with Crippen molar-refractivity contribution in [2.75, 3.05) is 19.0 Å². The van der Waals surface area contributed by atoms with Crippen LogP contribution in [0.3, 0.4) is 0 Å². The third-order valence-electron chi connectivity index (χ3n) is 4.18. The number of nitro groups is 1. The third kappa shape index (κ3) is 3.98. The number of carbonyl (C=O) groups excluding carboxylic acids is 1. The van der Waals surface area contributed by atoms with E-state index in [0.717, 1.165) is 19.3 Å². The molecule has 1 amide bonds. The van der Waals surface area contributed by atoms with Crippen LogP contribution < -0.4 is 10.6 Å². The summed E-state index contributed by atoms with van der Waals surface area (Å²) in [5.74, 6) is -0.318. The smallest absolute Gasteiger partial charge is 0.293 e. The molecule has 1 saturated carbocycles. The molecule has 0 heterocycles. The molecule has 1 aromatic rings. The molecule has 0 aromatic heterocycles. The number of hydrogen-bond donors (Lipinski definition) is 2. The van der Waals surface area contributed by atoms with Gasteiger partial charge in [0.1, 0.15) is 5.69 Å². The van der Waals surface area contributed by atoms with Crippen LogP contribution in [0.15, 0.2) is 18.2 Å². The molecule has 0 bridgehead atoms. The van der Waals surface area contributed by atoms with E-state index in [1.165, 1.54) is 6.07 Å². The second-order valence-corrected chi connectivity index (χ2v) is 6.21. The van der Waals surface area contributed by atoms with E-state index >= 15 is 0 Å². The molecule has 0 saturated heterocycles. The average molecular weight is 321 g/mol. The van der Waals surface area contributed by atoms with Crippen molar-refractivity contribution >= 4 is 17.3 Å². The molecule has 0 radical (unpaired) electrons. The van der Waals surface area contributed by atoms with Crippen molar-refractivity contribution < 1.29 is 14.5 Å². The summed E-state index contributed by atoms with van der Waals surface area (Å²) in [5.41, 5.74) is 0.342. The minimum atomic E-state index is -0.477. The van der Waals surface area contributed by atoms with Crippen molar-refractivity contribution in [1.82, 2.24) is 5.32 Å². The zero-order valence-electron chi connectivity index (χ0n) is 13.7. The van der Waals surface area contributed by atoms with Gasteiger partial charge in [-0.1, -0.05) is 0 Å². The summed E-state index contributed by atoms with van der Waals surface area (Å²) < 4.78 is 5.51.